The molecule has 1 aliphatic carbocycles. The number of ether oxygens (including phenoxy) is 2. The third-order valence-electron chi connectivity index (χ3n) is 4.50. The quantitative estimate of drug-likeness (QED) is 0.892. The van der Waals surface area contributed by atoms with Gasteiger partial charge in [-0.15, -0.1) is 0 Å². The fourth-order valence-electron chi connectivity index (χ4n) is 3.29. The van der Waals surface area contributed by atoms with Gasteiger partial charge in [0.25, 0.3) is 0 Å². The molecule has 1 aromatic carbocycles. The smallest absolute Gasteiger partial charge is 0.126 e. The molecule has 0 unspecified atom stereocenters. The first-order valence-electron chi connectivity index (χ1n) is 8.06. The highest BCUT2D eigenvalue weighted by Crippen LogP contribution is 2.25. The van der Waals surface area contributed by atoms with E-state index in [2.05, 4.69) is 5.32 Å². The first-order valence-corrected chi connectivity index (χ1v) is 8.06. The molecule has 0 radical (unpaired) electrons. The Labute approximate surface area is 126 Å². The van der Waals surface area contributed by atoms with Gasteiger partial charge in [0.05, 0.1) is 0 Å². The summed E-state index contributed by atoms with van der Waals surface area (Å²) in [7, 11) is 0. The predicted molar refractivity (Wildman–Crippen MR) is 81.5 cm³/mol. The van der Waals surface area contributed by atoms with Crippen LogP contribution < -0.4 is 10.1 Å². The van der Waals surface area contributed by atoms with Crippen molar-refractivity contribution in [2.45, 2.75) is 56.4 Å². The van der Waals surface area contributed by atoms with E-state index in [1.165, 1.54) is 0 Å². The lowest BCUT2D eigenvalue weighted by Gasteiger charge is -2.38. The Morgan fingerprint density at radius 3 is 2.57 bits per heavy atom. The van der Waals surface area contributed by atoms with Crippen LogP contribution >= 0.6 is 0 Å². The summed E-state index contributed by atoms with van der Waals surface area (Å²) in [5, 5.41) is 14.2. The summed E-state index contributed by atoms with van der Waals surface area (Å²) in [6, 6.07) is 10.4. The second-order valence-corrected chi connectivity index (χ2v) is 6.05. The summed E-state index contributed by atoms with van der Waals surface area (Å²) in [4.78, 5) is 0. The maximum Gasteiger partial charge on any atom is 0.126 e. The summed E-state index contributed by atoms with van der Waals surface area (Å²) in [6.07, 6.45) is 4.55. The van der Waals surface area contributed by atoms with E-state index in [-0.39, 0.29) is 12.1 Å². The van der Waals surface area contributed by atoms with Crippen molar-refractivity contribution < 1.29 is 14.6 Å². The van der Waals surface area contributed by atoms with Gasteiger partial charge < -0.3 is 19.9 Å². The number of aliphatic hydroxyl groups is 1. The van der Waals surface area contributed by atoms with Crippen molar-refractivity contribution in [2.75, 3.05) is 13.2 Å². The van der Waals surface area contributed by atoms with Crippen molar-refractivity contribution in [3.05, 3.63) is 30.3 Å². The molecule has 1 saturated heterocycles. The summed E-state index contributed by atoms with van der Waals surface area (Å²) in [6.45, 7) is 1.65. The van der Waals surface area contributed by atoms with Crippen LogP contribution in [0.15, 0.2) is 30.3 Å². The molecule has 1 aliphatic heterocycles. The Bertz CT molecular complexity index is 419. The van der Waals surface area contributed by atoms with E-state index in [1.54, 1.807) is 0 Å². The number of benzene rings is 1. The number of rotatable bonds is 4. The molecule has 2 aliphatic rings. The van der Waals surface area contributed by atoms with Crippen molar-refractivity contribution in [1.82, 2.24) is 5.32 Å². The van der Waals surface area contributed by atoms with Crippen molar-refractivity contribution in [3.63, 3.8) is 0 Å². The van der Waals surface area contributed by atoms with Crippen LogP contribution in [0.3, 0.4) is 0 Å². The van der Waals surface area contributed by atoms with Gasteiger partial charge in [0.15, 0.2) is 0 Å². The van der Waals surface area contributed by atoms with E-state index >= 15 is 0 Å². The van der Waals surface area contributed by atoms with E-state index in [9.17, 15) is 5.11 Å². The van der Waals surface area contributed by atoms with Gasteiger partial charge in [0.2, 0.25) is 0 Å². The van der Waals surface area contributed by atoms with Crippen LogP contribution in [-0.4, -0.2) is 42.6 Å². The van der Waals surface area contributed by atoms with Crippen molar-refractivity contribution in [3.8, 4) is 5.75 Å². The minimum Gasteiger partial charge on any atom is -0.488 e. The predicted octanol–water partition coefficient (Wildman–Crippen LogP) is 2.12. The van der Waals surface area contributed by atoms with Crippen LogP contribution in [0, 0.1) is 0 Å². The molecule has 0 aromatic heterocycles. The van der Waals surface area contributed by atoms with E-state index < -0.39 is 6.10 Å². The Balaban J connectivity index is 1.56. The largest absolute Gasteiger partial charge is 0.488 e. The van der Waals surface area contributed by atoms with Gasteiger partial charge in [-0.25, -0.2) is 0 Å². The molecule has 2 N–H and O–H groups in total. The minimum absolute atomic E-state index is 0.113. The van der Waals surface area contributed by atoms with E-state index in [1.807, 2.05) is 30.3 Å². The van der Waals surface area contributed by atoms with Crippen LogP contribution in [0.2, 0.25) is 0 Å². The fourth-order valence-corrected chi connectivity index (χ4v) is 3.29. The maximum atomic E-state index is 10.6. The van der Waals surface area contributed by atoms with E-state index in [4.69, 9.17) is 9.47 Å². The standard InChI is InChI=1S/C17H25NO3/c19-17-15(18-13-9-11-20-12-10-13)7-4-8-16(17)21-14-5-2-1-3-6-14/h1-3,5-6,13,15-19H,4,7-12H2/t15-,16+,17+/m0/s1. The lowest BCUT2D eigenvalue weighted by molar-refractivity contribution is -0.0232. The first kappa shape index (κ1) is 14.8. The summed E-state index contributed by atoms with van der Waals surface area (Å²) in [5.41, 5.74) is 0. The zero-order valence-electron chi connectivity index (χ0n) is 12.4. The molecular weight excluding hydrogens is 266 g/mol. The molecule has 3 atom stereocenters. The Morgan fingerprint density at radius 2 is 1.81 bits per heavy atom. The van der Waals surface area contributed by atoms with E-state index in [0.29, 0.717) is 6.04 Å². The lowest BCUT2D eigenvalue weighted by atomic mass is 9.88. The van der Waals surface area contributed by atoms with Crippen LogP contribution in [0.5, 0.6) is 5.75 Å². The molecule has 2 fully saturated rings. The number of para-hydroxylation sites is 1. The summed E-state index contributed by atoms with van der Waals surface area (Å²) < 4.78 is 11.4. The average Bonchev–Trinajstić information content (AvgIpc) is 2.53. The molecule has 4 heteroatoms. The number of hydrogen-bond acceptors (Lipinski definition) is 4. The third kappa shape index (κ3) is 3.96. The number of nitrogens with one attached hydrogen (secondary N) is 1. The van der Waals surface area contributed by atoms with Crippen molar-refractivity contribution in [2.24, 2.45) is 0 Å². The number of aliphatic hydroxyl groups excluding tert-OH is 1. The minimum atomic E-state index is -0.443. The highest BCUT2D eigenvalue weighted by Gasteiger charge is 2.34. The van der Waals surface area contributed by atoms with Crippen LogP contribution in [0.25, 0.3) is 0 Å². The van der Waals surface area contributed by atoms with Crippen molar-refractivity contribution >= 4 is 0 Å². The second kappa shape index (κ2) is 7.25. The average molecular weight is 291 g/mol. The van der Waals surface area contributed by atoms with Gasteiger partial charge in [-0.3, -0.25) is 0 Å². The normalized spacial score (nSPS) is 31.0. The molecule has 3 rings (SSSR count). The van der Waals surface area contributed by atoms with Crippen LogP contribution in [0.1, 0.15) is 32.1 Å². The maximum absolute atomic E-state index is 10.6. The topological polar surface area (TPSA) is 50.7 Å². The molecular formula is C17H25NO3. The molecule has 21 heavy (non-hydrogen) atoms. The second-order valence-electron chi connectivity index (χ2n) is 6.05. The molecule has 116 valence electrons. The van der Waals surface area contributed by atoms with Crippen molar-refractivity contribution in [1.29, 1.82) is 0 Å². The number of hydrogen-bond donors (Lipinski definition) is 2. The molecule has 0 spiro atoms. The molecule has 4 nitrogen and oxygen atoms in total. The van der Waals surface area contributed by atoms with Gasteiger partial charge >= 0.3 is 0 Å². The molecule has 0 bridgehead atoms. The molecule has 1 heterocycles. The molecule has 0 amide bonds. The van der Waals surface area contributed by atoms with Gasteiger partial charge in [-0.2, -0.15) is 0 Å². The SMILES string of the molecule is O[C@@H]1[C@@H](NC2CCOCC2)CCC[C@H]1Oc1ccccc1. The highest BCUT2D eigenvalue weighted by molar-refractivity contribution is 5.21. The Kier molecular flexibility index (Phi) is 5.12. The van der Waals surface area contributed by atoms with Crippen LogP contribution in [-0.2, 0) is 4.74 Å². The third-order valence-corrected chi connectivity index (χ3v) is 4.50. The molecule has 1 aromatic rings. The Morgan fingerprint density at radius 1 is 1.05 bits per heavy atom. The van der Waals surface area contributed by atoms with Gasteiger partial charge in [-0.1, -0.05) is 18.2 Å². The summed E-state index contributed by atoms with van der Waals surface area (Å²) >= 11 is 0. The lowest BCUT2D eigenvalue weighted by Crippen LogP contribution is -2.54. The zero-order chi connectivity index (χ0) is 14.5. The van der Waals surface area contributed by atoms with Crippen LogP contribution in [0.4, 0.5) is 0 Å². The molecule has 1 saturated carbocycles. The monoisotopic (exact) mass is 291 g/mol. The summed E-state index contributed by atoms with van der Waals surface area (Å²) in [5.74, 6) is 0.841. The highest BCUT2D eigenvalue weighted by atomic mass is 16.5. The fraction of sp³-hybridized carbons (Fsp3) is 0.647. The van der Waals surface area contributed by atoms with Gasteiger partial charge in [-0.05, 0) is 44.2 Å². The zero-order valence-corrected chi connectivity index (χ0v) is 12.4. The van der Waals surface area contributed by atoms with E-state index in [0.717, 1.165) is 51.1 Å². The Hall–Kier alpha value is -1.10. The van der Waals surface area contributed by atoms with Gasteiger partial charge in [0.1, 0.15) is 18.0 Å². The van der Waals surface area contributed by atoms with Gasteiger partial charge in [0, 0.05) is 25.3 Å². The first-order chi connectivity index (χ1) is 10.3.